The van der Waals surface area contributed by atoms with Gasteiger partial charge in [-0.2, -0.15) is 0 Å². The summed E-state index contributed by atoms with van der Waals surface area (Å²) >= 11 is 6.01. The zero-order valence-corrected chi connectivity index (χ0v) is 14.9. The van der Waals surface area contributed by atoms with E-state index in [-0.39, 0.29) is 11.7 Å². The van der Waals surface area contributed by atoms with E-state index in [0.29, 0.717) is 5.02 Å². The highest BCUT2D eigenvalue weighted by molar-refractivity contribution is 6.30. The van der Waals surface area contributed by atoms with Crippen LogP contribution in [0.4, 0.5) is 5.69 Å². The molecular formula is C20H16ClN3O3. The Morgan fingerprint density at radius 1 is 1.04 bits per heavy atom. The molecule has 1 aromatic heterocycles. The van der Waals surface area contributed by atoms with Crippen LogP contribution < -0.4 is 15.8 Å². The van der Waals surface area contributed by atoms with Crippen LogP contribution in [0.3, 0.4) is 0 Å². The largest absolute Gasteiger partial charge is 0.459 e. The molecule has 1 aliphatic rings. The van der Waals surface area contributed by atoms with Gasteiger partial charge in [0.05, 0.1) is 12.0 Å². The van der Waals surface area contributed by atoms with Gasteiger partial charge in [0.1, 0.15) is 12.1 Å². The van der Waals surface area contributed by atoms with E-state index >= 15 is 0 Å². The lowest BCUT2D eigenvalue weighted by Gasteiger charge is -2.28. The topological polar surface area (TPSA) is 74.6 Å². The summed E-state index contributed by atoms with van der Waals surface area (Å²) in [7, 11) is 0. The first kappa shape index (κ1) is 17.2. The molecule has 136 valence electrons. The van der Waals surface area contributed by atoms with Gasteiger partial charge >= 0.3 is 0 Å². The van der Waals surface area contributed by atoms with E-state index in [2.05, 4.69) is 10.7 Å². The number of anilines is 1. The Balaban J connectivity index is 1.70. The highest BCUT2D eigenvalue weighted by Gasteiger charge is 2.43. The van der Waals surface area contributed by atoms with Gasteiger partial charge in [-0.25, -0.2) is 0 Å². The Kier molecular flexibility index (Phi) is 4.56. The van der Waals surface area contributed by atoms with Crippen molar-refractivity contribution < 1.29 is 14.0 Å². The van der Waals surface area contributed by atoms with Crippen molar-refractivity contribution in [2.75, 3.05) is 5.01 Å². The average molecular weight is 382 g/mol. The predicted octanol–water partition coefficient (Wildman–Crippen LogP) is 3.32. The minimum Gasteiger partial charge on any atom is -0.459 e. The van der Waals surface area contributed by atoms with Crippen molar-refractivity contribution in [2.45, 2.75) is 12.1 Å². The quantitative estimate of drug-likeness (QED) is 0.727. The van der Waals surface area contributed by atoms with E-state index in [1.807, 2.05) is 42.5 Å². The Labute approximate surface area is 160 Å². The summed E-state index contributed by atoms with van der Waals surface area (Å²) in [6.45, 7) is 0. The van der Waals surface area contributed by atoms with Crippen molar-refractivity contribution >= 4 is 29.1 Å². The molecule has 0 spiro atoms. The number of hydrogen-bond donors (Lipinski definition) is 2. The van der Waals surface area contributed by atoms with Crippen molar-refractivity contribution in [2.24, 2.45) is 0 Å². The molecule has 0 saturated carbocycles. The van der Waals surface area contributed by atoms with Crippen LogP contribution in [0.2, 0.25) is 5.02 Å². The molecule has 27 heavy (non-hydrogen) atoms. The number of carbonyl (C=O) groups excluding carboxylic acids is 2. The second kappa shape index (κ2) is 7.17. The van der Waals surface area contributed by atoms with Crippen LogP contribution in [0.15, 0.2) is 77.4 Å². The lowest BCUT2D eigenvalue weighted by atomic mass is 9.99. The minimum atomic E-state index is -0.802. The summed E-state index contributed by atoms with van der Waals surface area (Å²) < 4.78 is 5.13. The molecule has 2 N–H and O–H groups in total. The van der Waals surface area contributed by atoms with Crippen molar-refractivity contribution in [3.63, 3.8) is 0 Å². The Bertz CT molecular complexity index is 942. The highest BCUT2D eigenvalue weighted by atomic mass is 35.5. The number of benzene rings is 2. The number of para-hydroxylation sites is 1. The zero-order chi connectivity index (χ0) is 18.8. The number of furan rings is 1. The Morgan fingerprint density at radius 3 is 2.44 bits per heavy atom. The summed E-state index contributed by atoms with van der Waals surface area (Å²) in [6, 6.07) is 18.6. The van der Waals surface area contributed by atoms with E-state index in [1.165, 1.54) is 6.26 Å². The van der Waals surface area contributed by atoms with E-state index in [0.717, 1.165) is 11.3 Å². The van der Waals surface area contributed by atoms with Crippen LogP contribution in [0, 0.1) is 0 Å². The van der Waals surface area contributed by atoms with Crippen LogP contribution in [0.25, 0.3) is 0 Å². The van der Waals surface area contributed by atoms with E-state index < -0.39 is 18.0 Å². The molecular weight excluding hydrogens is 366 g/mol. The molecule has 1 aliphatic heterocycles. The molecule has 3 aromatic rings. The first-order chi connectivity index (χ1) is 13.1. The van der Waals surface area contributed by atoms with Crippen molar-refractivity contribution in [1.82, 2.24) is 10.7 Å². The predicted molar refractivity (Wildman–Crippen MR) is 101 cm³/mol. The molecule has 1 saturated heterocycles. The number of hydrazine groups is 1. The molecule has 0 bridgehead atoms. The van der Waals surface area contributed by atoms with Crippen LogP contribution >= 0.6 is 11.6 Å². The van der Waals surface area contributed by atoms with Crippen LogP contribution in [-0.2, 0) is 4.79 Å². The summed E-state index contributed by atoms with van der Waals surface area (Å²) in [6.07, 6.45) is 1.41. The van der Waals surface area contributed by atoms with Gasteiger partial charge in [0.15, 0.2) is 5.76 Å². The van der Waals surface area contributed by atoms with E-state index in [4.69, 9.17) is 16.0 Å². The monoisotopic (exact) mass is 381 g/mol. The average Bonchev–Trinajstić information content (AvgIpc) is 3.33. The number of hydrogen-bond acceptors (Lipinski definition) is 4. The first-order valence-corrected chi connectivity index (χ1v) is 8.76. The minimum absolute atomic E-state index is 0.149. The fourth-order valence-corrected chi connectivity index (χ4v) is 3.26. The SMILES string of the molecule is O=C(NC1C(=O)NN(c2ccccc2)C1c1ccc(Cl)cc1)c1ccco1. The number of nitrogens with zero attached hydrogens (tertiary/aromatic N) is 1. The lowest BCUT2D eigenvalue weighted by molar-refractivity contribution is -0.120. The standard InChI is InChI=1S/C20H16ClN3O3/c21-14-10-8-13(9-11-14)18-17(22-19(25)16-7-4-12-27-16)20(26)23-24(18)15-5-2-1-3-6-15/h1-12,17-18H,(H,22,25)(H,23,26). The number of halogens is 1. The van der Waals surface area contributed by atoms with Gasteiger partial charge in [0.25, 0.3) is 11.8 Å². The molecule has 6 nitrogen and oxygen atoms in total. The Morgan fingerprint density at radius 2 is 1.78 bits per heavy atom. The third-order valence-corrected chi connectivity index (χ3v) is 4.64. The maximum absolute atomic E-state index is 12.7. The molecule has 0 radical (unpaired) electrons. The van der Waals surface area contributed by atoms with Crippen molar-refractivity contribution in [3.8, 4) is 0 Å². The van der Waals surface area contributed by atoms with Crippen LogP contribution in [0.5, 0.6) is 0 Å². The molecule has 2 aromatic carbocycles. The fourth-order valence-electron chi connectivity index (χ4n) is 3.13. The number of carbonyl (C=O) groups is 2. The molecule has 2 heterocycles. The van der Waals surface area contributed by atoms with Gasteiger partial charge in [-0.3, -0.25) is 20.0 Å². The van der Waals surface area contributed by atoms with E-state index in [1.54, 1.807) is 29.3 Å². The maximum atomic E-state index is 12.7. The van der Waals surface area contributed by atoms with Gasteiger partial charge in [-0.05, 0) is 42.0 Å². The highest BCUT2D eigenvalue weighted by Crippen LogP contribution is 2.33. The summed E-state index contributed by atoms with van der Waals surface area (Å²) in [5.41, 5.74) is 4.50. The van der Waals surface area contributed by atoms with Crippen molar-refractivity contribution in [1.29, 1.82) is 0 Å². The van der Waals surface area contributed by atoms with Crippen LogP contribution in [0.1, 0.15) is 22.2 Å². The fraction of sp³-hybridized carbons (Fsp3) is 0.100. The number of rotatable bonds is 4. The summed E-state index contributed by atoms with van der Waals surface area (Å²) in [5.74, 6) is -0.608. The first-order valence-electron chi connectivity index (χ1n) is 8.38. The number of amides is 2. The summed E-state index contributed by atoms with van der Waals surface area (Å²) in [5, 5.41) is 5.12. The van der Waals surface area contributed by atoms with Crippen molar-refractivity contribution in [3.05, 3.63) is 89.3 Å². The summed E-state index contributed by atoms with van der Waals surface area (Å²) in [4.78, 5) is 25.1. The third kappa shape index (κ3) is 3.39. The smallest absolute Gasteiger partial charge is 0.287 e. The molecule has 0 aliphatic carbocycles. The van der Waals surface area contributed by atoms with E-state index in [9.17, 15) is 9.59 Å². The molecule has 2 unspecified atom stereocenters. The molecule has 2 atom stereocenters. The zero-order valence-electron chi connectivity index (χ0n) is 14.1. The van der Waals surface area contributed by atoms with Crippen LogP contribution in [-0.4, -0.2) is 17.9 Å². The lowest BCUT2D eigenvalue weighted by Crippen LogP contribution is -2.43. The third-order valence-electron chi connectivity index (χ3n) is 4.38. The molecule has 4 rings (SSSR count). The molecule has 2 amide bonds. The van der Waals surface area contributed by atoms with Gasteiger partial charge in [0, 0.05) is 5.02 Å². The maximum Gasteiger partial charge on any atom is 0.287 e. The molecule has 7 heteroatoms. The number of nitrogens with one attached hydrogen (secondary N) is 2. The second-order valence-electron chi connectivity index (χ2n) is 6.11. The second-order valence-corrected chi connectivity index (χ2v) is 6.54. The van der Waals surface area contributed by atoms with Gasteiger partial charge in [-0.1, -0.05) is 41.9 Å². The normalized spacial score (nSPS) is 19.0. The van der Waals surface area contributed by atoms with Gasteiger partial charge in [0.2, 0.25) is 0 Å². The Hall–Kier alpha value is -3.25. The van der Waals surface area contributed by atoms with Gasteiger partial charge < -0.3 is 9.73 Å². The van der Waals surface area contributed by atoms with Gasteiger partial charge in [-0.15, -0.1) is 0 Å². The molecule has 1 fully saturated rings.